The Hall–Kier alpha value is -6.30. The minimum Gasteiger partial charge on any atom is -0.247 e. The summed E-state index contributed by atoms with van der Waals surface area (Å²) in [4.78, 5) is 5.27. The number of nitriles is 1. The highest BCUT2D eigenvalue weighted by Crippen LogP contribution is 2.41. The van der Waals surface area contributed by atoms with Crippen molar-refractivity contribution in [2.24, 2.45) is 0 Å². The van der Waals surface area contributed by atoms with E-state index in [-0.39, 0.29) is 0 Å². The highest BCUT2D eigenvalue weighted by molar-refractivity contribution is 6.16. The van der Waals surface area contributed by atoms with Gasteiger partial charge in [-0.1, -0.05) is 152 Å². The summed E-state index contributed by atoms with van der Waals surface area (Å²) in [6.45, 7) is 0. The summed E-state index contributed by atoms with van der Waals surface area (Å²) >= 11 is 0. The van der Waals surface area contributed by atoms with Crippen LogP contribution in [0.5, 0.6) is 0 Å². The molecule has 0 spiro atoms. The number of hydrogen-bond donors (Lipinski definition) is 0. The highest BCUT2D eigenvalue weighted by Gasteiger charge is 2.17. The van der Waals surface area contributed by atoms with E-state index in [1.165, 1.54) is 22.3 Å². The third-order valence-corrected chi connectivity index (χ3v) is 8.75. The average Bonchev–Trinajstić information content (AvgIpc) is 3.15. The molecule has 8 aromatic rings. The Kier molecular flexibility index (Phi) is 6.91. The minimum absolute atomic E-state index is 0.610. The predicted octanol–water partition coefficient (Wildman–Crippen LogP) is 11.6. The molecule has 1 heterocycles. The van der Waals surface area contributed by atoms with Crippen LogP contribution >= 0.6 is 0 Å². The van der Waals surface area contributed by atoms with E-state index >= 15 is 0 Å². The number of pyridine rings is 1. The molecular weight excluding hydrogens is 556 g/mol. The van der Waals surface area contributed by atoms with E-state index in [0.717, 1.165) is 55.2 Å². The molecule has 2 heteroatoms. The van der Waals surface area contributed by atoms with Crippen LogP contribution in [0.4, 0.5) is 0 Å². The van der Waals surface area contributed by atoms with Crippen molar-refractivity contribution in [3.8, 4) is 61.8 Å². The van der Waals surface area contributed by atoms with Crippen LogP contribution in [0, 0.1) is 11.3 Å². The van der Waals surface area contributed by atoms with Crippen LogP contribution in [0.3, 0.4) is 0 Å². The molecule has 2 nitrogen and oxygen atoms in total. The van der Waals surface area contributed by atoms with Crippen LogP contribution in [0.25, 0.3) is 77.4 Å². The summed E-state index contributed by atoms with van der Waals surface area (Å²) in [6.07, 6.45) is 0. The lowest BCUT2D eigenvalue weighted by Gasteiger charge is -2.16. The second-order valence-electron chi connectivity index (χ2n) is 11.5. The van der Waals surface area contributed by atoms with E-state index in [2.05, 4.69) is 140 Å². The molecule has 0 aliphatic carbocycles. The van der Waals surface area contributed by atoms with Gasteiger partial charge in [-0.2, -0.15) is 5.26 Å². The van der Waals surface area contributed by atoms with Gasteiger partial charge in [0.2, 0.25) is 0 Å². The highest BCUT2D eigenvalue weighted by atomic mass is 14.7. The van der Waals surface area contributed by atoms with E-state index in [1.807, 2.05) is 36.4 Å². The van der Waals surface area contributed by atoms with Crippen LogP contribution in [0.2, 0.25) is 0 Å². The van der Waals surface area contributed by atoms with Gasteiger partial charge in [0.1, 0.15) is 0 Å². The van der Waals surface area contributed by atoms with Crippen LogP contribution < -0.4 is 0 Å². The quantitative estimate of drug-likeness (QED) is 0.189. The summed E-state index contributed by atoms with van der Waals surface area (Å²) in [7, 11) is 0. The van der Waals surface area contributed by atoms with Crippen molar-refractivity contribution in [2.75, 3.05) is 0 Å². The maximum absolute atomic E-state index is 9.97. The molecule has 8 rings (SSSR count). The first-order valence-corrected chi connectivity index (χ1v) is 15.4. The lowest BCUT2D eigenvalue weighted by Crippen LogP contribution is -1.94. The first-order valence-electron chi connectivity index (χ1n) is 15.4. The number of fused-ring (bicyclic) bond motifs is 3. The van der Waals surface area contributed by atoms with E-state index in [4.69, 9.17) is 4.98 Å². The van der Waals surface area contributed by atoms with Gasteiger partial charge in [-0.25, -0.2) is 4.98 Å². The zero-order chi connectivity index (χ0) is 30.9. The van der Waals surface area contributed by atoms with Crippen molar-refractivity contribution in [1.82, 2.24) is 4.98 Å². The van der Waals surface area contributed by atoms with Crippen LogP contribution in [-0.2, 0) is 0 Å². The number of nitrogens with zero attached hydrogens (tertiary/aromatic N) is 2. The zero-order valence-corrected chi connectivity index (χ0v) is 25.1. The van der Waals surface area contributed by atoms with Crippen molar-refractivity contribution in [3.05, 3.63) is 175 Å². The van der Waals surface area contributed by atoms with Crippen molar-refractivity contribution in [3.63, 3.8) is 0 Å². The Labute approximate surface area is 268 Å². The molecule has 0 aliphatic rings. The molecule has 46 heavy (non-hydrogen) atoms. The normalized spacial score (nSPS) is 11.0. The van der Waals surface area contributed by atoms with Crippen molar-refractivity contribution < 1.29 is 0 Å². The number of aromatic nitrogens is 1. The fourth-order valence-corrected chi connectivity index (χ4v) is 6.42. The molecule has 7 aromatic carbocycles. The SMILES string of the molecule is N#Cc1ccccc1-c1cc(-c2ccc(-c3ccccc3)cc2)c2cc(-c3ccc(-c4ccccc4)cc3)c3ccccc3c2n1. The summed E-state index contributed by atoms with van der Waals surface area (Å²) in [5, 5.41) is 13.3. The molecule has 0 saturated heterocycles. The molecule has 0 radical (unpaired) electrons. The van der Waals surface area contributed by atoms with Gasteiger partial charge in [-0.3, -0.25) is 0 Å². The average molecular weight is 585 g/mol. The second kappa shape index (κ2) is 11.7. The molecule has 0 atom stereocenters. The van der Waals surface area contributed by atoms with Crippen LogP contribution in [0.15, 0.2) is 170 Å². The molecule has 214 valence electrons. The molecule has 0 aliphatic heterocycles. The lowest BCUT2D eigenvalue weighted by molar-refractivity contribution is 1.39. The van der Waals surface area contributed by atoms with Crippen molar-refractivity contribution >= 4 is 21.7 Å². The van der Waals surface area contributed by atoms with Gasteiger partial charge in [-0.05, 0) is 68.1 Å². The van der Waals surface area contributed by atoms with Gasteiger partial charge in [0.25, 0.3) is 0 Å². The third-order valence-electron chi connectivity index (χ3n) is 8.75. The Balaban J connectivity index is 1.37. The van der Waals surface area contributed by atoms with Gasteiger partial charge in [0, 0.05) is 16.3 Å². The fourth-order valence-electron chi connectivity index (χ4n) is 6.42. The van der Waals surface area contributed by atoms with Gasteiger partial charge in [0.05, 0.1) is 22.8 Å². The zero-order valence-electron chi connectivity index (χ0n) is 25.1. The maximum Gasteiger partial charge on any atom is 0.0998 e. The summed E-state index contributed by atoms with van der Waals surface area (Å²) < 4.78 is 0. The van der Waals surface area contributed by atoms with E-state index in [0.29, 0.717) is 5.56 Å². The second-order valence-corrected chi connectivity index (χ2v) is 11.5. The van der Waals surface area contributed by atoms with Crippen LogP contribution in [-0.4, -0.2) is 4.98 Å². The van der Waals surface area contributed by atoms with Crippen molar-refractivity contribution in [1.29, 1.82) is 5.26 Å². The molecule has 0 amide bonds. The molecule has 0 fully saturated rings. The van der Waals surface area contributed by atoms with E-state index in [9.17, 15) is 5.26 Å². The summed E-state index contributed by atoms with van der Waals surface area (Å²) in [5.41, 5.74) is 12.4. The maximum atomic E-state index is 9.97. The minimum atomic E-state index is 0.610. The Bertz CT molecular complexity index is 2380. The molecule has 0 saturated carbocycles. The first kappa shape index (κ1) is 27.3. The van der Waals surface area contributed by atoms with E-state index in [1.54, 1.807) is 0 Å². The van der Waals surface area contributed by atoms with E-state index < -0.39 is 0 Å². The Morgan fingerprint density at radius 1 is 0.370 bits per heavy atom. The Morgan fingerprint density at radius 3 is 1.41 bits per heavy atom. The summed E-state index contributed by atoms with van der Waals surface area (Å²) in [6, 6.07) is 61.6. The lowest BCUT2D eigenvalue weighted by atomic mass is 9.90. The number of rotatable bonds is 5. The monoisotopic (exact) mass is 584 g/mol. The molecule has 0 bridgehead atoms. The molecular formula is C44H28N2. The third kappa shape index (κ3) is 4.91. The number of hydrogen-bond acceptors (Lipinski definition) is 2. The van der Waals surface area contributed by atoms with Gasteiger partial charge < -0.3 is 0 Å². The molecule has 0 N–H and O–H groups in total. The largest absolute Gasteiger partial charge is 0.247 e. The predicted molar refractivity (Wildman–Crippen MR) is 191 cm³/mol. The Morgan fingerprint density at radius 2 is 0.826 bits per heavy atom. The molecule has 1 aromatic heterocycles. The van der Waals surface area contributed by atoms with Crippen LogP contribution in [0.1, 0.15) is 5.56 Å². The standard InChI is InChI=1S/C44H28N2/c45-29-36-15-7-8-16-37(36)43-28-41(35-25-21-33(22-26-35)31-13-5-2-6-14-31)42-27-40(38-17-9-10-18-39(38)44(42)46-43)34-23-19-32(20-24-34)30-11-3-1-4-12-30/h1-28H. The number of benzene rings is 7. The molecule has 0 unspecified atom stereocenters. The fraction of sp³-hybridized carbons (Fsp3) is 0. The van der Waals surface area contributed by atoms with Gasteiger partial charge >= 0.3 is 0 Å². The topological polar surface area (TPSA) is 36.7 Å². The van der Waals surface area contributed by atoms with Gasteiger partial charge in [-0.15, -0.1) is 0 Å². The van der Waals surface area contributed by atoms with Gasteiger partial charge in [0.15, 0.2) is 0 Å². The summed E-state index contributed by atoms with van der Waals surface area (Å²) in [5.74, 6) is 0. The smallest absolute Gasteiger partial charge is 0.0998 e. The van der Waals surface area contributed by atoms with Crippen molar-refractivity contribution in [2.45, 2.75) is 0 Å². The first-order chi connectivity index (χ1) is 22.8.